The Hall–Kier alpha value is -1.26. The van der Waals surface area contributed by atoms with Crippen molar-refractivity contribution in [2.24, 2.45) is 5.92 Å². The summed E-state index contributed by atoms with van der Waals surface area (Å²) in [5, 5.41) is 9.06. The van der Waals surface area contributed by atoms with E-state index in [4.69, 9.17) is 5.11 Å². The van der Waals surface area contributed by atoms with Crippen molar-refractivity contribution in [1.29, 1.82) is 0 Å². The largest absolute Gasteiger partial charge is 0.396 e. The number of hydrogen-bond acceptors (Lipinski definition) is 3. The Morgan fingerprint density at radius 3 is 2.74 bits per heavy atom. The van der Waals surface area contributed by atoms with Crippen LogP contribution in [-0.4, -0.2) is 42.0 Å². The van der Waals surface area contributed by atoms with Crippen molar-refractivity contribution < 1.29 is 14.3 Å². The third-order valence-corrected chi connectivity index (χ3v) is 3.67. The summed E-state index contributed by atoms with van der Waals surface area (Å²) in [6.07, 6.45) is 2.35. The van der Waals surface area contributed by atoms with Crippen LogP contribution >= 0.6 is 0 Å². The van der Waals surface area contributed by atoms with Crippen LogP contribution in [0.3, 0.4) is 0 Å². The normalized spacial score (nSPS) is 19.8. The maximum Gasteiger partial charge on any atom is 0.162 e. The highest BCUT2D eigenvalue weighted by atomic mass is 19.1. The molecular weight excluding hydrogens is 245 g/mol. The van der Waals surface area contributed by atoms with Gasteiger partial charge in [0.1, 0.15) is 5.82 Å². The van der Waals surface area contributed by atoms with Crippen LogP contribution < -0.4 is 0 Å². The van der Waals surface area contributed by atoms with Crippen LogP contribution in [0.25, 0.3) is 0 Å². The zero-order chi connectivity index (χ0) is 13.7. The standard InChI is InChI=1S/C15H20FNO2/c16-14-5-3-13(4-6-14)15(19)2-1-8-17-9-7-12(10-17)11-18/h3-6,12,18H,1-2,7-11H2. The number of carbonyl (C=O) groups excluding carboxylic acids is 1. The minimum absolute atomic E-state index is 0.0675. The summed E-state index contributed by atoms with van der Waals surface area (Å²) in [5.74, 6) is 0.148. The maximum absolute atomic E-state index is 12.7. The molecule has 0 radical (unpaired) electrons. The summed E-state index contributed by atoms with van der Waals surface area (Å²) in [6, 6.07) is 5.71. The minimum atomic E-state index is -0.316. The second-order valence-electron chi connectivity index (χ2n) is 5.17. The molecule has 0 saturated carbocycles. The van der Waals surface area contributed by atoms with Gasteiger partial charge in [-0.3, -0.25) is 4.79 Å². The Bertz CT molecular complexity index is 419. The summed E-state index contributed by atoms with van der Waals surface area (Å²) in [6.45, 7) is 3.09. The number of ketones is 1. The van der Waals surface area contributed by atoms with Gasteiger partial charge in [0.05, 0.1) is 0 Å². The predicted molar refractivity (Wildman–Crippen MR) is 71.6 cm³/mol. The smallest absolute Gasteiger partial charge is 0.162 e. The Morgan fingerprint density at radius 1 is 1.37 bits per heavy atom. The highest BCUT2D eigenvalue weighted by Crippen LogP contribution is 2.16. The molecule has 0 spiro atoms. The molecule has 0 aromatic heterocycles. The van der Waals surface area contributed by atoms with E-state index in [1.165, 1.54) is 24.3 Å². The number of hydrogen-bond donors (Lipinski definition) is 1. The van der Waals surface area contributed by atoms with Crippen LogP contribution in [-0.2, 0) is 0 Å². The molecule has 1 atom stereocenters. The second-order valence-corrected chi connectivity index (χ2v) is 5.17. The van der Waals surface area contributed by atoms with E-state index in [0.29, 0.717) is 17.9 Å². The number of carbonyl (C=O) groups is 1. The van der Waals surface area contributed by atoms with Crippen molar-refractivity contribution in [2.45, 2.75) is 19.3 Å². The summed E-state index contributed by atoms with van der Waals surface area (Å²) in [7, 11) is 0. The highest BCUT2D eigenvalue weighted by molar-refractivity contribution is 5.95. The molecule has 1 saturated heterocycles. The van der Waals surface area contributed by atoms with Gasteiger partial charge < -0.3 is 10.0 Å². The molecule has 104 valence electrons. The molecule has 1 aliphatic heterocycles. The Morgan fingerprint density at radius 2 is 2.11 bits per heavy atom. The highest BCUT2D eigenvalue weighted by Gasteiger charge is 2.21. The summed E-state index contributed by atoms with van der Waals surface area (Å²) in [5.41, 5.74) is 0.580. The molecule has 1 N–H and O–H groups in total. The molecule has 1 aromatic carbocycles. The molecule has 3 nitrogen and oxygen atoms in total. The maximum atomic E-state index is 12.7. The first-order chi connectivity index (χ1) is 9.19. The number of nitrogens with zero attached hydrogens (tertiary/aromatic N) is 1. The van der Waals surface area contributed by atoms with E-state index in [1.54, 1.807) is 0 Å². The van der Waals surface area contributed by atoms with Gasteiger partial charge in [0.25, 0.3) is 0 Å². The average Bonchev–Trinajstić information content (AvgIpc) is 2.87. The van der Waals surface area contributed by atoms with Crippen molar-refractivity contribution in [1.82, 2.24) is 4.90 Å². The van der Waals surface area contributed by atoms with Gasteiger partial charge in [0.15, 0.2) is 5.78 Å². The van der Waals surface area contributed by atoms with E-state index < -0.39 is 0 Å². The molecule has 1 aliphatic rings. The zero-order valence-electron chi connectivity index (χ0n) is 11.0. The topological polar surface area (TPSA) is 40.5 Å². The predicted octanol–water partition coefficient (Wildman–Crippen LogP) is 2.10. The third kappa shape index (κ3) is 4.11. The summed E-state index contributed by atoms with van der Waals surface area (Å²) in [4.78, 5) is 14.2. The third-order valence-electron chi connectivity index (χ3n) is 3.67. The van der Waals surface area contributed by atoms with E-state index in [9.17, 15) is 9.18 Å². The van der Waals surface area contributed by atoms with Crippen molar-refractivity contribution >= 4 is 5.78 Å². The van der Waals surface area contributed by atoms with E-state index in [1.807, 2.05) is 0 Å². The van der Waals surface area contributed by atoms with Crippen molar-refractivity contribution in [2.75, 3.05) is 26.2 Å². The first-order valence-corrected chi connectivity index (χ1v) is 6.81. The molecule has 0 amide bonds. The van der Waals surface area contributed by atoms with Crippen LogP contribution in [0.1, 0.15) is 29.6 Å². The van der Waals surface area contributed by atoms with Gasteiger partial charge >= 0.3 is 0 Å². The van der Waals surface area contributed by atoms with E-state index >= 15 is 0 Å². The lowest BCUT2D eigenvalue weighted by Crippen LogP contribution is -2.23. The fraction of sp³-hybridized carbons (Fsp3) is 0.533. The Balaban J connectivity index is 1.71. The summed E-state index contributed by atoms with van der Waals surface area (Å²) >= 11 is 0. The van der Waals surface area contributed by atoms with Gasteiger partial charge in [0, 0.05) is 25.1 Å². The number of likely N-dealkylation sites (tertiary alicyclic amines) is 1. The number of aliphatic hydroxyl groups excluding tert-OH is 1. The first-order valence-electron chi connectivity index (χ1n) is 6.81. The number of benzene rings is 1. The SMILES string of the molecule is O=C(CCCN1CCC(CO)C1)c1ccc(F)cc1. The van der Waals surface area contributed by atoms with Crippen LogP contribution in [0.15, 0.2) is 24.3 Å². The van der Waals surface area contributed by atoms with Gasteiger partial charge in [-0.1, -0.05) is 0 Å². The van der Waals surface area contributed by atoms with Crippen LogP contribution in [0.4, 0.5) is 4.39 Å². The molecule has 19 heavy (non-hydrogen) atoms. The average molecular weight is 265 g/mol. The monoisotopic (exact) mass is 265 g/mol. The van der Waals surface area contributed by atoms with Crippen LogP contribution in [0.2, 0.25) is 0 Å². The molecule has 1 fully saturated rings. The van der Waals surface area contributed by atoms with Gasteiger partial charge in [-0.15, -0.1) is 0 Å². The molecule has 4 heteroatoms. The molecule has 0 bridgehead atoms. The van der Waals surface area contributed by atoms with Crippen LogP contribution in [0, 0.1) is 11.7 Å². The quantitative estimate of drug-likeness (QED) is 0.801. The fourth-order valence-corrected chi connectivity index (χ4v) is 2.51. The lowest BCUT2D eigenvalue weighted by atomic mass is 10.1. The number of halogens is 1. The number of rotatable bonds is 6. The Labute approximate surface area is 113 Å². The molecule has 2 rings (SSSR count). The minimum Gasteiger partial charge on any atom is -0.396 e. The second kappa shape index (κ2) is 6.78. The summed E-state index contributed by atoms with van der Waals surface area (Å²) < 4.78 is 12.7. The molecule has 1 unspecified atom stereocenters. The molecule has 0 aliphatic carbocycles. The van der Waals surface area contributed by atoms with E-state index in [-0.39, 0.29) is 18.2 Å². The molecular formula is C15H20FNO2. The van der Waals surface area contributed by atoms with Gasteiger partial charge in [-0.2, -0.15) is 0 Å². The van der Waals surface area contributed by atoms with Gasteiger partial charge in [0.2, 0.25) is 0 Å². The fourth-order valence-electron chi connectivity index (χ4n) is 2.51. The Kier molecular flexibility index (Phi) is 5.05. The molecule has 1 aromatic rings. The van der Waals surface area contributed by atoms with Crippen LogP contribution in [0.5, 0.6) is 0 Å². The number of aliphatic hydroxyl groups is 1. The first kappa shape index (κ1) is 14.2. The number of Topliss-reactive ketones (excluding diaryl/α,β-unsaturated/α-hetero) is 1. The van der Waals surface area contributed by atoms with E-state index in [2.05, 4.69) is 4.90 Å². The molecule has 1 heterocycles. The van der Waals surface area contributed by atoms with Crippen molar-refractivity contribution in [3.05, 3.63) is 35.6 Å². The lowest BCUT2D eigenvalue weighted by Gasteiger charge is -2.14. The lowest BCUT2D eigenvalue weighted by molar-refractivity contribution is 0.0975. The van der Waals surface area contributed by atoms with Gasteiger partial charge in [-0.05, 0) is 56.1 Å². The van der Waals surface area contributed by atoms with Crippen molar-refractivity contribution in [3.63, 3.8) is 0 Å². The van der Waals surface area contributed by atoms with E-state index in [0.717, 1.165) is 32.5 Å². The zero-order valence-corrected chi connectivity index (χ0v) is 11.0. The van der Waals surface area contributed by atoms with Crippen molar-refractivity contribution in [3.8, 4) is 0 Å². The van der Waals surface area contributed by atoms with Gasteiger partial charge in [-0.25, -0.2) is 4.39 Å².